The molecule has 1 aliphatic carbocycles. The number of anilines is 1. The molecule has 2 N–H and O–H groups in total. The van der Waals surface area contributed by atoms with Crippen molar-refractivity contribution in [1.29, 1.82) is 0 Å². The molecule has 1 unspecified atom stereocenters. The van der Waals surface area contributed by atoms with Gasteiger partial charge in [0.25, 0.3) is 18.2 Å². The minimum absolute atomic E-state index is 0.0471. The molecule has 0 radical (unpaired) electrons. The van der Waals surface area contributed by atoms with Gasteiger partial charge in [-0.2, -0.15) is 0 Å². The van der Waals surface area contributed by atoms with E-state index in [4.69, 9.17) is 11.6 Å². The predicted octanol–water partition coefficient (Wildman–Crippen LogP) is 4.92. The second-order valence-electron chi connectivity index (χ2n) is 9.72. The molecule has 1 fully saturated rings. The number of carbonyl (C=O) groups is 2. The maximum atomic E-state index is 14.6. The molecular weight excluding hydrogens is 540 g/mol. The Hall–Kier alpha value is -3.57. The molecule has 204 valence electrons. The lowest BCUT2D eigenvalue weighted by Gasteiger charge is -2.32. The lowest BCUT2D eigenvalue weighted by Crippen LogP contribution is -2.45. The smallest absolute Gasteiger partial charge is 0.281 e. The van der Waals surface area contributed by atoms with Crippen LogP contribution in [0.4, 0.5) is 23.2 Å². The Balaban J connectivity index is 1.29. The molecule has 2 aromatic heterocycles. The minimum atomic E-state index is -2.94. The zero-order chi connectivity index (χ0) is 27.9. The highest BCUT2D eigenvalue weighted by atomic mass is 35.5. The number of alkyl halides is 2. The van der Waals surface area contributed by atoms with Crippen LogP contribution in [0.25, 0.3) is 0 Å². The molecule has 1 saturated carbocycles. The van der Waals surface area contributed by atoms with Gasteiger partial charge in [-0.25, -0.2) is 17.6 Å². The van der Waals surface area contributed by atoms with Crippen molar-refractivity contribution in [2.75, 3.05) is 11.4 Å². The first-order chi connectivity index (χ1) is 18.6. The Bertz CT molecular complexity index is 1430. The summed E-state index contributed by atoms with van der Waals surface area (Å²) in [5.41, 5.74) is -3.43. The Labute approximate surface area is 225 Å². The average molecular weight is 563 g/mol. The van der Waals surface area contributed by atoms with Gasteiger partial charge < -0.3 is 15.3 Å². The van der Waals surface area contributed by atoms with E-state index in [0.29, 0.717) is 25.7 Å². The third kappa shape index (κ3) is 4.96. The summed E-state index contributed by atoms with van der Waals surface area (Å²) in [4.78, 5) is 34.8. The van der Waals surface area contributed by atoms with Crippen LogP contribution in [0.3, 0.4) is 0 Å². The minimum Gasteiger partial charge on any atom is -0.372 e. The highest BCUT2D eigenvalue weighted by Gasteiger charge is 2.53. The summed E-state index contributed by atoms with van der Waals surface area (Å²) in [6, 6.07) is 5.62. The van der Waals surface area contributed by atoms with Crippen LogP contribution in [0.15, 0.2) is 48.9 Å². The van der Waals surface area contributed by atoms with Gasteiger partial charge in [-0.1, -0.05) is 11.6 Å². The van der Waals surface area contributed by atoms with E-state index in [1.807, 2.05) is 0 Å². The van der Waals surface area contributed by atoms with Crippen molar-refractivity contribution in [2.45, 2.75) is 43.8 Å². The van der Waals surface area contributed by atoms with Crippen molar-refractivity contribution in [2.24, 2.45) is 5.92 Å². The number of carbonyl (C=O) groups excluding carboxylic acids is 2. The lowest BCUT2D eigenvalue weighted by atomic mass is 9.85. The van der Waals surface area contributed by atoms with Crippen LogP contribution in [0, 0.1) is 17.6 Å². The molecule has 39 heavy (non-hydrogen) atoms. The number of nitrogens with one attached hydrogen (secondary N) is 1. The number of halogens is 5. The van der Waals surface area contributed by atoms with Crippen molar-refractivity contribution in [1.82, 2.24) is 15.3 Å². The second-order valence-corrected chi connectivity index (χ2v) is 10.2. The zero-order valence-corrected chi connectivity index (χ0v) is 21.1. The van der Waals surface area contributed by atoms with E-state index in [0.717, 1.165) is 24.5 Å². The van der Waals surface area contributed by atoms with E-state index in [1.165, 1.54) is 29.3 Å². The van der Waals surface area contributed by atoms with Crippen LogP contribution in [-0.4, -0.2) is 39.5 Å². The predicted molar refractivity (Wildman–Crippen MR) is 133 cm³/mol. The average Bonchev–Trinajstić information content (AvgIpc) is 3.11. The number of hydrogen-bond acceptors (Lipinski definition) is 5. The maximum absolute atomic E-state index is 14.6. The number of aliphatic hydroxyl groups is 1. The number of pyridine rings is 2. The fourth-order valence-electron chi connectivity index (χ4n) is 5.38. The number of fused-ring (bicyclic) bond motifs is 1. The van der Waals surface area contributed by atoms with Crippen molar-refractivity contribution in [3.8, 4) is 0 Å². The fourth-order valence-corrected chi connectivity index (χ4v) is 5.54. The molecule has 5 rings (SSSR count). The Morgan fingerprint density at radius 1 is 1.13 bits per heavy atom. The summed E-state index contributed by atoms with van der Waals surface area (Å²) in [7, 11) is 0. The van der Waals surface area contributed by atoms with Crippen LogP contribution < -0.4 is 10.2 Å². The summed E-state index contributed by atoms with van der Waals surface area (Å²) in [6.07, 6.45) is 2.40. The maximum Gasteiger partial charge on any atom is 0.281 e. The molecule has 3 aromatic rings. The topological polar surface area (TPSA) is 95.4 Å². The highest BCUT2D eigenvalue weighted by molar-refractivity contribution is 6.30. The zero-order valence-electron chi connectivity index (χ0n) is 20.4. The van der Waals surface area contributed by atoms with Gasteiger partial charge in [-0.15, -0.1) is 0 Å². The molecule has 0 saturated heterocycles. The van der Waals surface area contributed by atoms with Gasteiger partial charge in [0.15, 0.2) is 5.60 Å². The van der Waals surface area contributed by atoms with Crippen LogP contribution in [0.1, 0.15) is 59.3 Å². The number of nitrogens with zero attached hydrogens (tertiary/aromatic N) is 3. The number of rotatable bonds is 6. The van der Waals surface area contributed by atoms with E-state index < -0.39 is 41.2 Å². The molecule has 12 heteroatoms. The number of aromatic nitrogens is 2. The SMILES string of the molecule is O=C(NC1CCC(CN2C(=O)C(O)(c3ccncc3F)c3cc(F)ccc32)CC1)c1cc(Cl)cnc1C(F)F. The summed E-state index contributed by atoms with van der Waals surface area (Å²) < 4.78 is 55.4. The molecule has 2 amide bonds. The quantitative estimate of drug-likeness (QED) is 0.416. The van der Waals surface area contributed by atoms with Gasteiger partial charge in [0.2, 0.25) is 0 Å². The number of benzene rings is 1. The van der Waals surface area contributed by atoms with Crippen molar-refractivity contribution < 1.29 is 32.3 Å². The lowest BCUT2D eigenvalue weighted by molar-refractivity contribution is -0.132. The van der Waals surface area contributed by atoms with Crippen LogP contribution in [0.5, 0.6) is 0 Å². The standard InChI is InChI=1S/C27H23ClF4N4O3/c28-15-9-18(23(24(31)32)34-11-15)25(37)35-17-4-1-14(2-5-17)13-36-22-6-3-16(29)10-20(22)27(39,26(36)38)19-7-8-33-12-21(19)30/h3,6-12,14,17,24,39H,1-2,4-5,13H2,(H,35,37). The highest BCUT2D eigenvalue weighted by Crippen LogP contribution is 2.46. The first-order valence-corrected chi connectivity index (χ1v) is 12.7. The van der Waals surface area contributed by atoms with Gasteiger partial charge in [0.1, 0.15) is 17.3 Å². The molecule has 0 bridgehead atoms. The van der Waals surface area contributed by atoms with E-state index in [-0.39, 0.29) is 45.9 Å². The summed E-state index contributed by atoms with van der Waals surface area (Å²) in [6.45, 7) is 0.181. The van der Waals surface area contributed by atoms with Crippen molar-refractivity contribution in [3.63, 3.8) is 0 Å². The van der Waals surface area contributed by atoms with Crippen molar-refractivity contribution in [3.05, 3.63) is 88.0 Å². The fraction of sp³-hybridized carbons (Fsp3) is 0.333. The molecular formula is C27H23ClF4N4O3. The first kappa shape index (κ1) is 27.0. The van der Waals surface area contributed by atoms with Crippen molar-refractivity contribution >= 4 is 29.1 Å². The summed E-state index contributed by atoms with van der Waals surface area (Å²) >= 11 is 5.85. The second kappa shape index (κ2) is 10.5. The largest absolute Gasteiger partial charge is 0.372 e. The van der Waals surface area contributed by atoms with E-state index in [2.05, 4.69) is 15.3 Å². The summed E-state index contributed by atoms with van der Waals surface area (Å²) in [5, 5.41) is 14.3. The van der Waals surface area contributed by atoms with Crippen LogP contribution in [-0.2, 0) is 10.4 Å². The molecule has 0 spiro atoms. The Kier molecular flexibility index (Phi) is 7.30. The number of hydrogen-bond donors (Lipinski definition) is 2. The van der Waals surface area contributed by atoms with E-state index in [9.17, 15) is 32.3 Å². The van der Waals surface area contributed by atoms with Gasteiger partial charge in [-0.05, 0) is 61.9 Å². The molecule has 1 aliphatic heterocycles. The molecule has 1 atom stereocenters. The Morgan fingerprint density at radius 2 is 1.87 bits per heavy atom. The van der Waals surface area contributed by atoms with E-state index >= 15 is 0 Å². The van der Waals surface area contributed by atoms with Gasteiger partial charge in [0.05, 0.1) is 22.5 Å². The Morgan fingerprint density at radius 3 is 2.56 bits per heavy atom. The van der Waals surface area contributed by atoms with E-state index in [1.54, 1.807) is 0 Å². The normalized spacial score (nSPS) is 22.7. The van der Waals surface area contributed by atoms with Gasteiger partial charge in [0, 0.05) is 36.1 Å². The summed E-state index contributed by atoms with van der Waals surface area (Å²) in [5.74, 6) is -3.12. The molecule has 2 aliphatic rings. The number of amides is 2. The molecule has 3 heterocycles. The molecule has 7 nitrogen and oxygen atoms in total. The van der Waals surface area contributed by atoms with Crippen LogP contribution in [0.2, 0.25) is 5.02 Å². The van der Waals surface area contributed by atoms with Crippen LogP contribution >= 0.6 is 11.6 Å². The van der Waals surface area contributed by atoms with Gasteiger partial charge >= 0.3 is 0 Å². The molecule has 1 aromatic carbocycles. The van der Waals surface area contributed by atoms with Gasteiger partial charge in [-0.3, -0.25) is 19.6 Å². The monoisotopic (exact) mass is 562 g/mol. The first-order valence-electron chi connectivity index (χ1n) is 12.3. The third-order valence-electron chi connectivity index (χ3n) is 7.32. The third-order valence-corrected chi connectivity index (χ3v) is 7.52.